The molecule has 0 radical (unpaired) electrons. The maximum Gasteiger partial charge on any atom is 0.262 e. The van der Waals surface area contributed by atoms with E-state index in [2.05, 4.69) is 4.98 Å². The standard InChI is InChI=1S/C13H11N3O2S.ClH/c1-7(10-6-19-13(14)15-10)16-11(17)8-4-2-3-5-9(8)12(16)18;/h2-7H,1H3,(H2,14,15);1H. The Morgan fingerprint density at radius 2 is 1.75 bits per heavy atom. The Morgan fingerprint density at radius 3 is 2.20 bits per heavy atom. The minimum atomic E-state index is -0.416. The van der Waals surface area contributed by atoms with Gasteiger partial charge in [0.05, 0.1) is 22.9 Å². The van der Waals surface area contributed by atoms with Crippen LogP contribution in [0.15, 0.2) is 29.6 Å². The van der Waals surface area contributed by atoms with Gasteiger partial charge < -0.3 is 5.73 Å². The number of carbonyl (C=O) groups is 2. The number of aromatic nitrogens is 1. The van der Waals surface area contributed by atoms with Gasteiger partial charge >= 0.3 is 0 Å². The third kappa shape index (κ3) is 2.07. The molecule has 1 aromatic carbocycles. The highest BCUT2D eigenvalue weighted by Crippen LogP contribution is 2.31. The summed E-state index contributed by atoms with van der Waals surface area (Å²) in [6, 6.07) is 6.41. The van der Waals surface area contributed by atoms with Crippen LogP contribution in [0.5, 0.6) is 0 Å². The minimum absolute atomic E-state index is 0. The van der Waals surface area contributed by atoms with Crippen LogP contribution in [0.3, 0.4) is 0 Å². The van der Waals surface area contributed by atoms with Crippen LogP contribution in [0, 0.1) is 0 Å². The molecule has 2 N–H and O–H groups in total. The van der Waals surface area contributed by atoms with Gasteiger partial charge in [0.25, 0.3) is 11.8 Å². The molecule has 2 heterocycles. The fourth-order valence-electron chi connectivity index (χ4n) is 2.18. The molecule has 0 saturated carbocycles. The number of nitrogens with two attached hydrogens (primary N) is 1. The van der Waals surface area contributed by atoms with E-state index in [0.717, 1.165) is 0 Å². The molecule has 0 bridgehead atoms. The van der Waals surface area contributed by atoms with Crippen molar-refractivity contribution in [2.24, 2.45) is 0 Å². The Labute approximate surface area is 125 Å². The van der Waals surface area contributed by atoms with Crippen molar-refractivity contribution in [3.8, 4) is 0 Å². The van der Waals surface area contributed by atoms with Crippen molar-refractivity contribution in [1.82, 2.24) is 9.88 Å². The van der Waals surface area contributed by atoms with Crippen LogP contribution < -0.4 is 5.73 Å². The van der Waals surface area contributed by atoms with Gasteiger partial charge in [0, 0.05) is 5.38 Å². The number of nitrogens with zero attached hydrogens (tertiary/aromatic N) is 2. The number of carbonyl (C=O) groups excluding carboxylic acids is 2. The van der Waals surface area contributed by atoms with Gasteiger partial charge in [-0.2, -0.15) is 0 Å². The molecule has 1 aromatic heterocycles. The highest BCUT2D eigenvalue weighted by Gasteiger charge is 2.39. The Kier molecular flexibility index (Phi) is 3.78. The number of hydrogen-bond acceptors (Lipinski definition) is 5. The second kappa shape index (κ2) is 5.22. The molecule has 2 aromatic rings. The molecule has 1 atom stereocenters. The molecule has 1 unspecified atom stereocenters. The predicted molar refractivity (Wildman–Crippen MR) is 79.1 cm³/mol. The maximum atomic E-state index is 12.3. The fourth-order valence-corrected chi connectivity index (χ4v) is 2.83. The minimum Gasteiger partial charge on any atom is -0.375 e. The third-order valence-corrected chi connectivity index (χ3v) is 3.87. The number of anilines is 1. The molecule has 0 aliphatic carbocycles. The summed E-state index contributed by atoms with van der Waals surface area (Å²) in [5.74, 6) is -0.556. The number of nitrogen functional groups attached to an aromatic ring is 1. The first-order valence-electron chi connectivity index (χ1n) is 5.77. The number of rotatable bonds is 2. The second-order valence-electron chi connectivity index (χ2n) is 4.31. The molecule has 5 nitrogen and oxygen atoms in total. The van der Waals surface area contributed by atoms with Gasteiger partial charge in [-0.25, -0.2) is 4.98 Å². The monoisotopic (exact) mass is 309 g/mol. The summed E-state index contributed by atoms with van der Waals surface area (Å²) < 4.78 is 0. The normalized spacial score (nSPS) is 14.9. The van der Waals surface area contributed by atoms with E-state index < -0.39 is 6.04 Å². The Bertz CT molecular complexity index is 651. The summed E-state index contributed by atoms with van der Waals surface area (Å²) >= 11 is 1.30. The Balaban J connectivity index is 0.00000147. The maximum absolute atomic E-state index is 12.3. The van der Waals surface area contributed by atoms with Crippen molar-refractivity contribution in [2.75, 3.05) is 5.73 Å². The number of hydrogen-bond donors (Lipinski definition) is 1. The number of fused-ring (bicyclic) bond motifs is 1. The largest absolute Gasteiger partial charge is 0.375 e. The fraction of sp³-hybridized carbons (Fsp3) is 0.154. The van der Waals surface area contributed by atoms with Gasteiger partial charge in [-0.15, -0.1) is 23.7 Å². The van der Waals surface area contributed by atoms with Gasteiger partial charge in [0.1, 0.15) is 0 Å². The summed E-state index contributed by atoms with van der Waals surface area (Å²) in [5, 5.41) is 2.20. The van der Waals surface area contributed by atoms with Crippen molar-refractivity contribution >= 4 is 40.7 Å². The lowest BCUT2D eigenvalue weighted by Gasteiger charge is -2.20. The number of thiazole rings is 1. The molecule has 0 spiro atoms. The molecule has 104 valence electrons. The van der Waals surface area contributed by atoms with Crippen LogP contribution in [-0.4, -0.2) is 21.7 Å². The molecule has 0 saturated heterocycles. The lowest BCUT2D eigenvalue weighted by molar-refractivity contribution is 0.0592. The molecule has 1 aliphatic heterocycles. The zero-order chi connectivity index (χ0) is 13.6. The molecular formula is C13H12ClN3O2S. The first kappa shape index (κ1) is 14.5. The van der Waals surface area contributed by atoms with Gasteiger partial charge in [-0.1, -0.05) is 12.1 Å². The van der Waals surface area contributed by atoms with E-state index in [1.165, 1.54) is 16.2 Å². The SMILES string of the molecule is CC(c1csc(N)n1)N1C(=O)c2ccccc2C1=O.Cl. The summed E-state index contributed by atoms with van der Waals surface area (Å²) in [5.41, 5.74) is 7.12. The number of benzene rings is 1. The first-order chi connectivity index (χ1) is 9.09. The summed E-state index contributed by atoms with van der Waals surface area (Å²) in [7, 11) is 0. The van der Waals surface area contributed by atoms with Crippen LogP contribution in [0.25, 0.3) is 0 Å². The topological polar surface area (TPSA) is 76.3 Å². The van der Waals surface area contributed by atoms with Crippen molar-refractivity contribution in [3.63, 3.8) is 0 Å². The predicted octanol–water partition coefficient (Wildman–Crippen LogP) is 2.50. The van der Waals surface area contributed by atoms with E-state index in [-0.39, 0.29) is 24.2 Å². The molecule has 3 rings (SSSR count). The van der Waals surface area contributed by atoms with E-state index in [1.54, 1.807) is 36.6 Å². The smallest absolute Gasteiger partial charge is 0.262 e. The molecule has 1 aliphatic rings. The zero-order valence-electron chi connectivity index (χ0n) is 10.6. The first-order valence-corrected chi connectivity index (χ1v) is 6.65. The number of halogens is 1. The lowest BCUT2D eigenvalue weighted by atomic mass is 10.1. The molecular weight excluding hydrogens is 298 g/mol. The van der Waals surface area contributed by atoms with Crippen LogP contribution in [0.1, 0.15) is 39.4 Å². The van der Waals surface area contributed by atoms with Gasteiger partial charge in [-0.3, -0.25) is 14.5 Å². The van der Waals surface area contributed by atoms with Gasteiger partial charge in [0.2, 0.25) is 0 Å². The zero-order valence-corrected chi connectivity index (χ0v) is 12.2. The van der Waals surface area contributed by atoms with Crippen molar-refractivity contribution in [3.05, 3.63) is 46.5 Å². The van der Waals surface area contributed by atoms with E-state index in [1.807, 2.05) is 0 Å². The number of amides is 2. The van der Waals surface area contributed by atoms with E-state index >= 15 is 0 Å². The quantitative estimate of drug-likeness (QED) is 0.865. The molecule has 7 heteroatoms. The van der Waals surface area contributed by atoms with Crippen LogP contribution in [0.2, 0.25) is 0 Å². The van der Waals surface area contributed by atoms with Gasteiger partial charge in [0.15, 0.2) is 5.13 Å². The molecule has 20 heavy (non-hydrogen) atoms. The Morgan fingerprint density at radius 1 is 1.20 bits per heavy atom. The van der Waals surface area contributed by atoms with Crippen molar-refractivity contribution in [1.29, 1.82) is 0 Å². The highest BCUT2D eigenvalue weighted by atomic mass is 35.5. The second-order valence-corrected chi connectivity index (χ2v) is 5.20. The third-order valence-electron chi connectivity index (χ3n) is 3.18. The van der Waals surface area contributed by atoms with Crippen LogP contribution in [-0.2, 0) is 0 Å². The van der Waals surface area contributed by atoms with Crippen molar-refractivity contribution in [2.45, 2.75) is 13.0 Å². The van der Waals surface area contributed by atoms with Crippen LogP contribution >= 0.6 is 23.7 Å². The van der Waals surface area contributed by atoms with E-state index in [9.17, 15) is 9.59 Å². The summed E-state index contributed by atoms with van der Waals surface area (Å²) in [6.45, 7) is 1.77. The summed E-state index contributed by atoms with van der Waals surface area (Å²) in [6.07, 6.45) is 0. The lowest BCUT2D eigenvalue weighted by Crippen LogP contribution is -2.32. The van der Waals surface area contributed by atoms with Gasteiger partial charge in [-0.05, 0) is 19.1 Å². The van der Waals surface area contributed by atoms with Crippen LogP contribution in [0.4, 0.5) is 5.13 Å². The average Bonchev–Trinajstić information content (AvgIpc) is 2.94. The van der Waals surface area contributed by atoms with E-state index in [4.69, 9.17) is 5.73 Å². The van der Waals surface area contributed by atoms with Crippen molar-refractivity contribution < 1.29 is 9.59 Å². The summed E-state index contributed by atoms with van der Waals surface area (Å²) in [4.78, 5) is 29.9. The molecule has 2 amide bonds. The molecule has 0 fully saturated rings. The Hall–Kier alpha value is -1.92. The number of imide groups is 1. The average molecular weight is 310 g/mol. The van der Waals surface area contributed by atoms with E-state index in [0.29, 0.717) is 22.0 Å². The highest BCUT2D eigenvalue weighted by molar-refractivity contribution is 7.13.